The van der Waals surface area contributed by atoms with Crippen LogP contribution >= 0.6 is 0 Å². The van der Waals surface area contributed by atoms with Crippen molar-refractivity contribution < 1.29 is 0 Å². The Morgan fingerprint density at radius 1 is 1.08 bits per heavy atom. The second kappa shape index (κ2) is 2.87. The minimum absolute atomic E-state index is 0.904. The fourth-order valence-electron chi connectivity index (χ4n) is 3.25. The van der Waals surface area contributed by atoms with E-state index in [1.807, 2.05) is 0 Å². The summed E-state index contributed by atoms with van der Waals surface area (Å²) in [6.45, 7) is 0. The van der Waals surface area contributed by atoms with Crippen LogP contribution in [0.1, 0.15) is 25.7 Å². The van der Waals surface area contributed by atoms with Crippen LogP contribution in [-0.2, 0) is 0 Å². The minimum atomic E-state index is 0.904. The Balaban J connectivity index is 1.77. The zero-order valence-corrected chi connectivity index (χ0v) is 7.95. The van der Waals surface area contributed by atoms with Gasteiger partial charge < -0.3 is 0 Å². The Kier molecular flexibility index (Phi) is 1.68. The van der Waals surface area contributed by atoms with Crippen molar-refractivity contribution in [1.29, 1.82) is 0 Å². The molecule has 0 nitrogen and oxygen atoms in total. The quantitative estimate of drug-likeness (QED) is 0.568. The predicted molar refractivity (Wildman–Crippen MR) is 55.3 cm³/mol. The highest BCUT2D eigenvalue weighted by Crippen LogP contribution is 2.49. The summed E-state index contributed by atoms with van der Waals surface area (Å²) in [5.41, 5.74) is 1.44. The molecule has 2 fully saturated rings. The number of allylic oxidation sites excluding steroid dienone is 6. The van der Waals surface area contributed by atoms with E-state index in [0.29, 0.717) is 0 Å². The van der Waals surface area contributed by atoms with Crippen molar-refractivity contribution in [3.63, 3.8) is 0 Å². The first kappa shape index (κ1) is 7.61. The van der Waals surface area contributed by atoms with E-state index in [0.717, 1.165) is 17.8 Å². The van der Waals surface area contributed by atoms with Crippen LogP contribution in [0.2, 0.25) is 0 Å². The molecule has 2 saturated carbocycles. The van der Waals surface area contributed by atoms with E-state index in [2.05, 4.69) is 30.4 Å². The van der Waals surface area contributed by atoms with Crippen LogP contribution in [0.4, 0.5) is 0 Å². The van der Waals surface area contributed by atoms with Crippen molar-refractivity contribution in [2.24, 2.45) is 17.8 Å². The number of fused-ring (bicyclic) bond motifs is 2. The van der Waals surface area contributed by atoms with Gasteiger partial charge in [0.25, 0.3) is 0 Å². The highest BCUT2D eigenvalue weighted by Gasteiger charge is 2.38. The maximum Gasteiger partial charge on any atom is -0.0193 e. The van der Waals surface area contributed by atoms with Crippen LogP contribution in [0.5, 0.6) is 0 Å². The van der Waals surface area contributed by atoms with E-state index in [9.17, 15) is 0 Å². The van der Waals surface area contributed by atoms with Gasteiger partial charge in [-0.15, -0.1) is 0 Å². The van der Waals surface area contributed by atoms with Gasteiger partial charge in [0.15, 0.2) is 0 Å². The van der Waals surface area contributed by atoms with Crippen molar-refractivity contribution in [3.05, 3.63) is 36.0 Å². The van der Waals surface area contributed by atoms with E-state index in [1.165, 1.54) is 31.3 Å². The molecule has 13 heavy (non-hydrogen) atoms. The molecule has 0 aromatic carbocycles. The summed E-state index contributed by atoms with van der Waals surface area (Å²) < 4.78 is 0. The minimum Gasteiger partial charge on any atom is -0.0739 e. The number of hydrogen-bond acceptors (Lipinski definition) is 0. The third-order valence-corrected chi connectivity index (χ3v) is 3.89. The molecule has 0 amide bonds. The number of rotatable bonds is 1. The van der Waals surface area contributed by atoms with Crippen molar-refractivity contribution in [3.8, 4) is 0 Å². The second-order valence-electron chi connectivity index (χ2n) is 4.72. The molecule has 68 valence electrons. The average Bonchev–Trinajstić information content (AvgIpc) is 2.77. The summed E-state index contributed by atoms with van der Waals surface area (Å²) in [5, 5.41) is 0. The molecule has 3 aliphatic rings. The summed E-state index contributed by atoms with van der Waals surface area (Å²) >= 11 is 0. The summed E-state index contributed by atoms with van der Waals surface area (Å²) in [7, 11) is 0. The Bertz CT molecular complexity index is 279. The normalized spacial score (nSPS) is 40.6. The van der Waals surface area contributed by atoms with E-state index in [-0.39, 0.29) is 0 Å². The lowest BCUT2D eigenvalue weighted by atomic mass is 9.87. The maximum atomic E-state index is 2.50. The highest BCUT2D eigenvalue weighted by atomic mass is 14.4. The van der Waals surface area contributed by atoms with Gasteiger partial charge in [-0.2, -0.15) is 0 Å². The van der Waals surface area contributed by atoms with Gasteiger partial charge in [0.2, 0.25) is 0 Å². The fraction of sp³-hybridized carbons (Fsp3) is 0.538. The van der Waals surface area contributed by atoms with Crippen molar-refractivity contribution in [1.82, 2.24) is 0 Å². The molecule has 0 aromatic heterocycles. The van der Waals surface area contributed by atoms with Crippen LogP contribution < -0.4 is 0 Å². The van der Waals surface area contributed by atoms with Crippen LogP contribution in [0, 0.1) is 17.8 Å². The lowest BCUT2D eigenvalue weighted by molar-refractivity contribution is 0.394. The van der Waals surface area contributed by atoms with E-state index in [4.69, 9.17) is 0 Å². The Morgan fingerprint density at radius 3 is 2.54 bits per heavy atom. The zero-order valence-electron chi connectivity index (χ0n) is 7.95. The first-order valence-corrected chi connectivity index (χ1v) is 5.48. The molecule has 3 atom stereocenters. The second-order valence-corrected chi connectivity index (χ2v) is 4.72. The smallest absolute Gasteiger partial charge is 0.0193 e. The van der Waals surface area contributed by atoms with Crippen LogP contribution in [0.3, 0.4) is 0 Å². The van der Waals surface area contributed by atoms with Gasteiger partial charge in [0.1, 0.15) is 0 Å². The summed E-state index contributed by atoms with van der Waals surface area (Å²) in [6.07, 6.45) is 17.2. The monoisotopic (exact) mass is 172 g/mol. The highest BCUT2D eigenvalue weighted by molar-refractivity contribution is 5.40. The zero-order chi connectivity index (χ0) is 8.67. The summed E-state index contributed by atoms with van der Waals surface area (Å²) in [4.78, 5) is 0. The SMILES string of the molecule is C1=CC(=CC2CC3CCC2C3)C=C1. The van der Waals surface area contributed by atoms with Crippen LogP contribution in [0.15, 0.2) is 36.0 Å². The molecular weight excluding hydrogens is 156 g/mol. The molecule has 0 saturated heterocycles. The van der Waals surface area contributed by atoms with Crippen LogP contribution in [-0.4, -0.2) is 0 Å². The molecule has 0 aromatic rings. The molecule has 0 heterocycles. The molecule has 3 rings (SSSR count). The first-order chi connectivity index (χ1) is 6.42. The molecule has 0 radical (unpaired) electrons. The van der Waals surface area contributed by atoms with Crippen molar-refractivity contribution in [2.75, 3.05) is 0 Å². The Morgan fingerprint density at radius 2 is 1.92 bits per heavy atom. The molecule has 2 bridgehead atoms. The van der Waals surface area contributed by atoms with Gasteiger partial charge in [-0.1, -0.05) is 36.8 Å². The summed E-state index contributed by atoms with van der Waals surface area (Å²) in [6, 6.07) is 0. The van der Waals surface area contributed by atoms with Gasteiger partial charge in [-0.3, -0.25) is 0 Å². The Hall–Kier alpha value is -0.780. The predicted octanol–water partition coefficient (Wildman–Crippen LogP) is 3.48. The van der Waals surface area contributed by atoms with Gasteiger partial charge in [-0.05, 0) is 42.6 Å². The van der Waals surface area contributed by atoms with E-state index < -0.39 is 0 Å². The lowest BCUT2D eigenvalue weighted by Gasteiger charge is -2.18. The largest absolute Gasteiger partial charge is 0.0739 e. The molecule has 0 aliphatic heterocycles. The Labute approximate surface area is 80.0 Å². The van der Waals surface area contributed by atoms with Gasteiger partial charge in [-0.25, -0.2) is 0 Å². The van der Waals surface area contributed by atoms with Gasteiger partial charge >= 0.3 is 0 Å². The van der Waals surface area contributed by atoms with Crippen molar-refractivity contribution in [2.45, 2.75) is 25.7 Å². The van der Waals surface area contributed by atoms with Crippen LogP contribution in [0.25, 0.3) is 0 Å². The van der Waals surface area contributed by atoms with Gasteiger partial charge in [0, 0.05) is 0 Å². The third kappa shape index (κ3) is 1.29. The van der Waals surface area contributed by atoms with Gasteiger partial charge in [0.05, 0.1) is 0 Å². The first-order valence-electron chi connectivity index (χ1n) is 5.48. The average molecular weight is 172 g/mol. The van der Waals surface area contributed by atoms with E-state index >= 15 is 0 Å². The number of hydrogen-bond donors (Lipinski definition) is 0. The van der Waals surface area contributed by atoms with Crippen molar-refractivity contribution >= 4 is 0 Å². The summed E-state index contributed by atoms with van der Waals surface area (Å²) in [5.74, 6) is 3.00. The molecule has 3 aliphatic carbocycles. The topological polar surface area (TPSA) is 0 Å². The molecule has 0 N–H and O–H groups in total. The van der Waals surface area contributed by atoms with E-state index in [1.54, 1.807) is 0 Å². The maximum absolute atomic E-state index is 2.50. The molecule has 0 heteroatoms. The standard InChI is InChI=1S/C13H16/c1-2-4-10(3-1)7-13-9-11-5-6-12(13)8-11/h1-4,7,11-13H,5-6,8-9H2. The molecular formula is C13H16. The fourth-order valence-corrected chi connectivity index (χ4v) is 3.25. The molecule has 3 unspecified atom stereocenters. The molecule has 0 spiro atoms. The lowest BCUT2D eigenvalue weighted by Crippen LogP contribution is -2.07. The third-order valence-electron chi connectivity index (χ3n) is 3.89.